The van der Waals surface area contributed by atoms with Crippen LogP contribution in [0.3, 0.4) is 0 Å². The van der Waals surface area contributed by atoms with Crippen LogP contribution in [0.4, 0.5) is 0 Å². The Morgan fingerprint density at radius 2 is 1.48 bits per heavy atom. The molecule has 1 unspecified atom stereocenters. The number of carboxylic acid groups (broad SMARTS) is 1. The number of nitrogens with zero attached hydrogens (tertiary/aromatic N) is 1. The van der Waals surface area contributed by atoms with Gasteiger partial charge < -0.3 is 10.2 Å². The Hall–Kier alpha value is -2.98. The van der Waals surface area contributed by atoms with E-state index in [0.717, 1.165) is 11.1 Å². The van der Waals surface area contributed by atoms with Crippen molar-refractivity contribution in [3.8, 4) is 0 Å². The molecule has 27 heavy (non-hydrogen) atoms. The molecule has 0 radical (unpaired) electrons. The fraction of sp³-hybridized carbons (Fsp3) is 0.217. The van der Waals surface area contributed by atoms with E-state index in [9.17, 15) is 15.0 Å². The SMILES string of the molecule is CCC(C(=O)O)c1cccc(CC(O)(c2ccccc2)c2ccccc2)n1. The number of hydrogen-bond acceptors (Lipinski definition) is 3. The first kappa shape index (κ1) is 18.8. The molecular formula is C23H23NO3. The summed E-state index contributed by atoms with van der Waals surface area (Å²) in [5.74, 6) is -1.53. The zero-order valence-electron chi connectivity index (χ0n) is 15.2. The average molecular weight is 361 g/mol. The van der Waals surface area contributed by atoms with Gasteiger partial charge in [0.25, 0.3) is 0 Å². The molecule has 138 valence electrons. The molecule has 1 atom stereocenters. The lowest BCUT2D eigenvalue weighted by molar-refractivity contribution is -0.138. The predicted molar refractivity (Wildman–Crippen MR) is 104 cm³/mol. The smallest absolute Gasteiger partial charge is 0.312 e. The number of pyridine rings is 1. The zero-order valence-corrected chi connectivity index (χ0v) is 15.2. The molecule has 2 N–H and O–H groups in total. The minimum absolute atomic E-state index is 0.255. The van der Waals surface area contributed by atoms with Crippen molar-refractivity contribution < 1.29 is 15.0 Å². The number of aliphatic hydroxyl groups is 1. The van der Waals surface area contributed by atoms with Gasteiger partial charge in [-0.15, -0.1) is 0 Å². The van der Waals surface area contributed by atoms with Gasteiger partial charge in [-0.05, 0) is 29.7 Å². The Morgan fingerprint density at radius 3 is 1.96 bits per heavy atom. The van der Waals surface area contributed by atoms with Gasteiger partial charge in [0.2, 0.25) is 0 Å². The van der Waals surface area contributed by atoms with Crippen LogP contribution >= 0.6 is 0 Å². The van der Waals surface area contributed by atoms with Crippen LogP contribution in [0.15, 0.2) is 78.9 Å². The number of carboxylic acids is 1. The molecule has 0 saturated heterocycles. The number of aromatic nitrogens is 1. The van der Waals surface area contributed by atoms with Crippen LogP contribution in [0.1, 0.15) is 41.8 Å². The molecule has 0 aliphatic heterocycles. The second-order valence-electron chi connectivity index (χ2n) is 6.62. The lowest BCUT2D eigenvalue weighted by Gasteiger charge is -2.29. The van der Waals surface area contributed by atoms with Crippen molar-refractivity contribution in [3.63, 3.8) is 0 Å². The summed E-state index contributed by atoms with van der Waals surface area (Å²) in [6.07, 6.45) is 0.721. The fourth-order valence-electron chi connectivity index (χ4n) is 3.36. The Bertz CT molecular complexity index is 854. The molecule has 3 rings (SSSR count). The highest BCUT2D eigenvalue weighted by molar-refractivity contribution is 5.75. The third kappa shape index (κ3) is 4.07. The van der Waals surface area contributed by atoms with E-state index in [1.165, 1.54) is 0 Å². The Labute approximate surface area is 159 Å². The van der Waals surface area contributed by atoms with Crippen molar-refractivity contribution in [1.82, 2.24) is 4.98 Å². The molecule has 4 nitrogen and oxygen atoms in total. The van der Waals surface area contributed by atoms with Gasteiger partial charge in [0.05, 0.1) is 11.6 Å². The molecule has 3 aromatic rings. The molecule has 0 aliphatic rings. The lowest BCUT2D eigenvalue weighted by Crippen LogP contribution is -2.30. The molecule has 0 aliphatic carbocycles. The number of hydrogen-bond donors (Lipinski definition) is 2. The van der Waals surface area contributed by atoms with Crippen molar-refractivity contribution in [2.24, 2.45) is 0 Å². The molecule has 0 spiro atoms. The summed E-state index contributed by atoms with van der Waals surface area (Å²) in [6, 6.07) is 24.3. The summed E-state index contributed by atoms with van der Waals surface area (Å²) in [7, 11) is 0. The van der Waals surface area contributed by atoms with Crippen molar-refractivity contribution in [2.75, 3.05) is 0 Å². The summed E-state index contributed by atoms with van der Waals surface area (Å²) in [5.41, 5.74) is 1.47. The van der Waals surface area contributed by atoms with E-state index in [0.29, 0.717) is 17.8 Å². The maximum atomic E-state index is 11.6. The maximum Gasteiger partial charge on any atom is 0.312 e. The van der Waals surface area contributed by atoms with Crippen LogP contribution in [0.2, 0.25) is 0 Å². The third-order valence-corrected chi connectivity index (χ3v) is 4.83. The standard InChI is InChI=1S/C23H23NO3/c1-2-20(22(25)26)21-15-9-14-19(24-21)16-23(27,17-10-5-3-6-11-17)18-12-7-4-8-13-18/h3-15,20,27H,2,16H2,1H3,(H,25,26). The molecule has 2 aromatic carbocycles. The van der Waals surface area contributed by atoms with E-state index in [4.69, 9.17) is 0 Å². The monoisotopic (exact) mass is 361 g/mol. The number of benzene rings is 2. The highest BCUT2D eigenvalue weighted by Gasteiger charge is 2.32. The molecule has 1 aromatic heterocycles. The van der Waals surface area contributed by atoms with Crippen molar-refractivity contribution >= 4 is 5.97 Å². The summed E-state index contributed by atoms with van der Waals surface area (Å²) >= 11 is 0. The summed E-state index contributed by atoms with van der Waals surface area (Å²) < 4.78 is 0. The average Bonchev–Trinajstić information content (AvgIpc) is 2.70. The molecule has 0 fully saturated rings. The number of carbonyl (C=O) groups is 1. The third-order valence-electron chi connectivity index (χ3n) is 4.83. The second-order valence-corrected chi connectivity index (χ2v) is 6.62. The summed E-state index contributed by atoms with van der Waals surface area (Å²) in [4.78, 5) is 16.0. The van der Waals surface area contributed by atoms with Gasteiger partial charge in [-0.1, -0.05) is 73.7 Å². The van der Waals surface area contributed by atoms with E-state index < -0.39 is 17.5 Å². The Balaban J connectivity index is 2.02. The van der Waals surface area contributed by atoms with Gasteiger partial charge in [0.15, 0.2) is 0 Å². The Kier molecular flexibility index (Phi) is 5.67. The van der Waals surface area contributed by atoms with Gasteiger partial charge in [0.1, 0.15) is 5.60 Å². The van der Waals surface area contributed by atoms with Crippen LogP contribution in [-0.2, 0) is 16.8 Å². The summed E-state index contributed by atoms with van der Waals surface area (Å²) in [5, 5.41) is 21.1. The van der Waals surface area contributed by atoms with Gasteiger partial charge >= 0.3 is 5.97 Å². The van der Waals surface area contributed by atoms with E-state index >= 15 is 0 Å². The second kappa shape index (κ2) is 8.14. The van der Waals surface area contributed by atoms with Crippen LogP contribution < -0.4 is 0 Å². The van der Waals surface area contributed by atoms with E-state index in [1.807, 2.05) is 73.7 Å². The highest BCUT2D eigenvalue weighted by atomic mass is 16.4. The van der Waals surface area contributed by atoms with Crippen LogP contribution in [0.5, 0.6) is 0 Å². The zero-order chi connectivity index (χ0) is 19.3. The van der Waals surface area contributed by atoms with Crippen LogP contribution in [0.25, 0.3) is 0 Å². The predicted octanol–water partition coefficient (Wildman–Crippen LogP) is 4.14. The Morgan fingerprint density at radius 1 is 0.926 bits per heavy atom. The molecule has 0 saturated carbocycles. The van der Waals surface area contributed by atoms with Crippen molar-refractivity contribution in [2.45, 2.75) is 31.3 Å². The minimum atomic E-state index is -1.25. The van der Waals surface area contributed by atoms with Crippen molar-refractivity contribution in [1.29, 1.82) is 0 Å². The maximum absolute atomic E-state index is 11.6. The number of aliphatic carboxylic acids is 1. The molecule has 1 heterocycles. The quantitative estimate of drug-likeness (QED) is 0.663. The first-order valence-corrected chi connectivity index (χ1v) is 9.06. The van der Waals surface area contributed by atoms with E-state index in [2.05, 4.69) is 4.98 Å². The topological polar surface area (TPSA) is 70.4 Å². The van der Waals surface area contributed by atoms with Crippen LogP contribution in [-0.4, -0.2) is 21.2 Å². The first-order chi connectivity index (χ1) is 13.0. The number of rotatable bonds is 7. The highest BCUT2D eigenvalue weighted by Crippen LogP contribution is 2.33. The van der Waals surface area contributed by atoms with E-state index in [1.54, 1.807) is 12.1 Å². The minimum Gasteiger partial charge on any atom is -0.481 e. The van der Waals surface area contributed by atoms with Gasteiger partial charge in [-0.2, -0.15) is 0 Å². The summed E-state index contributed by atoms with van der Waals surface area (Å²) in [6.45, 7) is 1.83. The van der Waals surface area contributed by atoms with E-state index in [-0.39, 0.29) is 6.42 Å². The molecule has 4 heteroatoms. The van der Waals surface area contributed by atoms with Gasteiger partial charge in [-0.3, -0.25) is 9.78 Å². The van der Waals surface area contributed by atoms with Crippen molar-refractivity contribution in [3.05, 3.63) is 101 Å². The van der Waals surface area contributed by atoms with Gasteiger partial charge in [-0.25, -0.2) is 0 Å². The lowest BCUT2D eigenvalue weighted by atomic mass is 9.82. The first-order valence-electron chi connectivity index (χ1n) is 9.06. The van der Waals surface area contributed by atoms with Crippen LogP contribution in [0, 0.1) is 0 Å². The molecule has 0 amide bonds. The van der Waals surface area contributed by atoms with Gasteiger partial charge in [0, 0.05) is 12.1 Å². The fourth-order valence-corrected chi connectivity index (χ4v) is 3.36. The normalized spacial score (nSPS) is 12.5. The largest absolute Gasteiger partial charge is 0.481 e. The molecule has 0 bridgehead atoms. The molecular weight excluding hydrogens is 338 g/mol.